The highest BCUT2D eigenvalue weighted by atomic mass is 32.2. The number of benzene rings is 2. The second-order valence-corrected chi connectivity index (χ2v) is 8.90. The number of fused-ring (bicyclic) bond motifs is 1. The molecule has 0 aliphatic carbocycles. The van der Waals surface area contributed by atoms with E-state index in [0.29, 0.717) is 46.9 Å². The minimum Gasteiger partial charge on any atom is -0.493 e. The van der Waals surface area contributed by atoms with Crippen molar-refractivity contribution in [3.8, 4) is 17.2 Å². The lowest BCUT2D eigenvalue weighted by Gasteiger charge is -2.20. The highest BCUT2D eigenvalue weighted by Crippen LogP contribution is 2.32. The minimum atomic E-state index is -0.496. The van der Waals surface area contributed by atoms with Gasteiger partial charge in [0.1, 0.15) is 10.8 Å². The van der Waals surface area contributed by atoms with Crippen molar-refractivity contribution in [1.82, 2.24) is 9.99 Å². The minimum absolute atomic E-state index is 0.0425. The third-order valence-corrected chi connectivity index (χ3v) is 6.38. The molecule has 10 heteroatoms. The number of pyridine rings is 1. The van der Waals surface area contributed by atoms with Crippen molar-refractivity contribution >= 4 is 39.8 Å². The summed E-state index contributed by atoms with van der Waals surface area (Å²) in [5.74, 6) is 1.38. The third kappa shape index (κ3) is 5.54. The molecule has 0 bridgehead atoms. The zero-order chi connectivity index (χ0) is 25.6. The van der Waals surface area contributed by atoms with Gasteiger partial charge in [0, 0.05) is 24.4 Å². The summed E-state index contributed by atoms with van der Waals surface area (Å²) >= 11 is 1.23. The van der Waals surface area contributed by atoms with Crippen molar-refractivity contribution in [2.75, 3.05) is 20.3 Å². The Kier molecular flexibility index (Phi) is 7.27. The summed E-state index contributed by atoms with van der Waals surface area (Å²) in [5.41, 5.74) is 1.60. The molecule has 37 heavy (non-hydrogen) atoms. The topological polar surface area (TPSA) is 109 Å². The van der Waals surface area contributed by atoms with Crippen molar-refractivity contribution < 1.29 is 19.0 Å². The molecule has 1 aromatic heterocycles. The molecule has 0 unspecified atom stereocenters. The first kappa shape index (κ1) is 24.3. The summed E-state index contributed by atoms with van der Waals surface area (Å²) < 4.78 is 17.1. The second-order valence-electron chi connectivity index (χ2n) is 7.94. The van der Waals surface area contributed by atoms with Crippen LogP contribution in [0.25, 0.3) is 6.08 Å². The van der Waals surface area contributed by atoms with Gasteiger partial charge in [-0.2, -0.15) is 15.1 Å². The first-order valence-electron chi connectivity index (χ1n) is 11.5. The van der Waals surface area contributed by atoms with Crippen LogP contribution >= 0.6 is 11.8 Å². The maximum absolute atomic E-state index is 12.8. The number of aromatic nitrogens is 1. The van der Waals surface area contributed by atoms with Crippen LogP contribution in [0.15, 0.2) is 88.7 Å². The number of hydrazone groups is 1. The van der Waals surface area contributed by atoms with E-state index in [1.165, 1.54) is 16.8 Å². The predicted octanol–water partition coefficient (Wildman–Crippen LogP) is 4.61. The fourth-order valence-corrected chi connectivity index (χ4v) is 4.49. The number of rotatable bonds is 9. The lowest BCUT2D eigenvalue weighted by molar-refractivity contribution is -0.114. The highest BCUT2D eigenvalue weighted by Gasteiger charge is 2.36. The van der Waals surface area contributed by atoms with Crippen LogP contribution in [0.4, 0.5) is 0 Å². The van der Waals surface area contributed by atoms with Crippen molar-refractivity contribution in [3.05, 3.63) is 89.8 Å². The molecule has 2 aliphatic rings. The number of methoxy groups -OCH3 is 1. The fourth-order valence-electron chi connectivity index (χ4n) is 3.61. The van der Waals surface area contributed by atoms with Gasteiger partial charge in [0.2, 0.25) is 5.17 Å². The number of hydrogen-bond donors (Lipinski definition) is 1. The number of nitrogens with one attached hydrogen (secondary N) is 1. The zero-order valence-electron chi connectivity index (χ0n) is 20.0. The number of para-hydroxylation sites is 1. The van der Waals surface area contributed by atoms with Crippen molar-refractivity contribution in [3.63, 3.8) is 0 Å². The highest BCUT2D eigenvalue weighted by molar-refractivity contribution is 8.27. The number of thioether (sulfide) groups is 1. The molecule has 9 nitrogen and oxygen atoms in total. The Bertz CT molecular complexity index is 1410. The number of nitrogens with zero attached hydrogens (tertiary/aromatic N) is 4. The Morgan fingerprint density at radius 3 is 2.65 bits per heavy atom. The molecular weight excluding hydrogens is 490 g/mol. The van der Waals surface area contributed by atoms with Crippen LogP contribution in [0.5, 0.6) is 17.2 Å². The molecule has 0 saturated heterocycles. The van der Waals surface area contributed by atoms with Crippen LogP contribution < -0.4 is 14.2 Å². The molecule has 0 fully saturated rings. The summed E-state index contributed by atoms with van der Waals surface area (Å²) in [7, 11) is 1.55. The molecule has 0 atom stereocenters. The summed E-state index contributed by atoms with van der Waals surface area (Å²) in [6, 6.07) is 18.6. The molecule has 0 radical (unpaired) electrons. The molecule has 2 aromatic carbocycles. The van der Waals surface area contributed by atoms with E-state index in [4.69, 9.17) is 19.6 Å². The van der Waals surface area contributed by atoms with Gasteiger partial charge in [0.15, 0.2) is 17.3 Å². The maximum Gasteiger partial charge on any atom is 0.283 e. The molecule has 1 N–H and O–H groups in total. The summed E-state index contributed by atoms with van der Waals surface area (Å²) in [6.07, 6.45) is 5.66. The lowest BCUT2D eigenvalue weighted by Crippen LogP contribution is -2.35. The van der Waals surface area contributed by atoms with E-state index in [9.17, 15) is 4.79 Å². The van der Waals surface area contributed by atoms with Crippen molar-refractivity contribution in [2.45, 2.75) is 6.42 Å². The van der Waals surface area contributed by atoms with Gasteiger partial charge in [-0.05, 0) is 59.8 Å². The van der Waals surface area contributed by atoms with Gasteiger partial charge in [-0.15, -0.1) is 0 Å². The molecule has 2 aliphatic heterocycles. The number of amidine groups is 2. The molecule has 0 saturated carbocycles. The molecule has 3 heterocycles. The number of carbonyl (C=O) groups is 1. The maximum atomic E-state index is 12.8. The van der Waals surface area contributed by atoms with E-state index in [1.807, 2.05) is 36.4 Å². The van der Waals surface area contributed by atoms with Gasteiger partial charge >= 0.3 is 0 Å². The molecule has 1 amide bonds. The van der Waals surface area contributed by atoms with Crippen molar-refractivity contribution in [2.24, 2.45) is 10.1 Å². The van der Waals surface area contributed by atoms with E-state index in [-0.39, 0.29) is 11.4 Å². The summed E-state index contributed by atoms with van der Waals surface area (Å²) in [6.45, 7) is 0.983. The average molecular weight is 514 g/mol. The number of carbonyl (C=O) groups excluding carboxylic acids is 1. The van der Waals surface area contributed by atoms with Gasteiger partial charge in [-0.25, -0.2) is 0 Å². The Hall–Kier alpha value is -4.44. The van der Waals surface area contributed by atoms with E-state index in [2.05, 4.69) is 15.1 Å². The van der Waals surface area contributed by atoms with E-state index < -0.39 is 5.91 Å². The molecular formula is C27H23N5O4S. The van der Waals surface area contributed by atoms with Crippen LogP contribution in [-0.2, 0) is 4.79 Å². The number of aliphatic imine (C=N–C) groups is 1. The molecule has 5 rings (SSSR count). The molecule has 3 aromatic rings. The van der Waals surface area contributed by atoms with Crippen molar-refractivity contribution in [1.29, 1.82) is 5.41 Å². The van der Waals surface area contributed by atoms with Gasteiger partial charge < -0.3 is 14.2 Å². The zero-order valence-corrected chi connectivity index (χ0v) is 20.8. The molecule has 186 valence electrons. The van der Waals surface area contributed by atoms with E-state index >= 15 is 0 Å². The molecule has 0 spiro atoms. The smallest absolute Gasteiger partial charge is 0.283 e. The summed E-state index contributed by atoms with van der Waals surface area (Å²) in [5, 5.41) is 15.4. The Labute approximate surface area is 218 Å². The standard InChI is InChI=1S/C27H23N5O4S/c1-34-23-16-18(10-11-22(23)36-14-6-13-35-20-8-3-2-4-9-20)15-21-24(28)32-27(30-25(21)33)37-26(31-32)19-7-5-12-29-17-19/h2-5,7-12,15-17,28H,6,13-14H2,1H3. The summed E-state index contributed by atoms with van der Waals surface area (Å²) in [4.78, 5) is 21.0. The van der Waals surface area contributed by atoms with Gasteiger partial charge in [0.05, 0.1) is 25.9 Å². The van der Waals surface area contributed by atoms with E-state index in [1.54, 1.807) is 49.8 Å². The Morgan fingerprint density at radius 1 is 1.03 bits per heavy atom. The number of ether oxygens (including phenoxy) is 3. The Balaban J connectivity index is 1.25. The Morgan fingerprint density at radius 2 is 1.86 bits per heavy atom. The monoisotopic (exact) mass is 513 g/mol. The van der Waals surface area contributed by atoms with Crippen LogP contribution in [0.1, 0.15) is 17.5 Å². The van der Waals surface area contributed by atoms with E-state index in [0.717, 1.165) is 11.3 Å². The van der Waals surface area contributed by atoms with Gasteiger partial charge in [-0.3, -0.25) is 15.2 Å². The van der Waals surface area contributed by atoms with Crippen LogP contribution in [0, 0.1) is 5.41 Å². The van der Waals surface area contributed by atoms with Gasteiger partial charge in [0.25, 0.3) is 5.91 Å². The normalized spacial score (nSPS) is 15.8. The van der Waals surface area contributed by atoms with Crippen LogP contribution in [0.2, 0.25) is 0 Å². The number of hydrogen-bond acceptors (Lipinski definition) is 8. The quantitative estimate of drug-likeness (QED) is 0.329. The average Bonchev–Trinajstić information content (AvgIpc) is 3.36. The third-order valence-electron chi connectivity index (χ3n) is 5.42. The van der Waals surface area contributed by atoms with Crippen LogP contribution in [0.3, 0.4) is 0 Å². The predicted molar refractivity (Wildman–Crippen MR) is 143 cm³/mol. The largest absolute Gasteiger partial charge is 0.493 e. The fraction of sp³-hybridized carbons (Fsp3) is 0.148. The van der Waals surface area contributed by atoms with Gasteiger partial charge in [-0.1, -0.05) is 24.3 Å². The van der Waals surface area contributed by atoms with Crippen LogP contribution in [-0.4, -0.2) is 52.3 Å². The number of amides is 1. The first-order valence-corrected chi connectivity index (χ1v) is 12.3. The first-order chi connectivity index (χ1) is 18.1. The second kappa shape index (κ2) is 11.1. The lowest BCUT2D eigenvalue weighted by atomic mass is 10.1. The SMILES string of the molecule is COc1cc(C=C2C(=N)N3N=C(c4cccnc4)SC3=NC2=O)ccc1OCCCOc1ccccc1.